The Morgan fingerprint density at radius 2 is 1.76 bits per heavy atom. The normalized spacial score (nSPS) is 27.4. The van der Waals surface area contributed by atoms with Gasteiger partial charge in [-0.25, -0.2) is 4.79 Å². The molecule has 6 atom stereocenters. The van der Waals surface area contributed by atoms with E-state index in [1.54, 1.807) is 13.2 Å². The number of nitrogens with two attached hydrogens (primary N) is 1. The van der Waals surface area contributed by atoms with Gasteiger partial charge < -0.3 is 24.5 Å². The van der Waals surface area contributed by atoms with Crippen LogP contribution in [0.15, 0.2) is 48.5 Å². The number of benzene rings is 2. The van der Waals surface area contributed by atoms with Gasteiger partial charge in [-0.05, 0) is 87.8 Å². The maximum atomic E-state index is 13.6. The molecular weight excluding hydrogens is 529 g/mol. The summed E-state index contributed by atoms with van der Waals surface area (Å²) in [4.78, 5) is 26.7. The Morgan fingerprint density at radius 1 is 1.05 bits per heavy atom. The average molecular weight is 576 g/mol. The standard InChI is InChI=1S/C34H46BNO6/c1-32(2,3)40-31(38)25-15-11-14-22(30(25)39-7)17-24(20-27(37)26(36)16-21-12-9-8-10-13-21)35-41-29-19-23-18-28(33(23,4)5)34(29,6)42-35/h8-15,23-24,26,28-29H,16-20,36H2,1-7H3/t23-,24-,26?,28+,29?,34+/m1/s1. The first-order valence-corrected chi connectivity index (χ1v) is 15.3. The minimum Gasteiger partial charge on any atom is -0.496 e. The highest BCUT2D eigenvalue weighted by Crippen LogP contribution is 2.66. The predicted molar refractivity (Wildman–Crippen MR) is 163 cm³/mol. The van der Waals surface area contributed by atoms with Crippen LogP contribution in [0, 0.1) is 17.3 Å². The van der Waals surface area contributed by atoms with Crippen molar-refractivity contribution in [3.05, 3.63) is 65.2 Å². The van der Waals surface area contributed by atoms with E-state index < -0.39 is 30.3 Å². The lowest BCUT2D eigenvalue weighted by atomic mass is 9.43. The first-order chi connectivity index (χ1) is 19.7. The van der Waals surface area contributed by atoms with Crippen molar-refractivity contribution < 1.29 is 28.4 Å². The highest BCUT2D eigenvalue weighted by atomic mass is 16.7. The molecule has 2 aromatic rings. The van der Waals surface area contributed by atoms with Crippen LogP contribution in [0.5, 0.6) is 5.75 Å². The van der Waals surface area contributed by atoms with Gasteiger partial charge in [-0.1, -0.05) is 56.3 Å². The Labute approximate surface area is 251 Å². The van der Waals surface area contributed by atoms with Crippen LogP contribution in [0.3, 0.4) is 0 Å². The van der Waals surface area contributed by atoms with Crippen LogP contribution in [0.1, 0.15) is 82.3 Å². The zero-order valence-corrected chi connectivity index (χ0v) is 26.1. The van der Waals surface area contributed by atoms with E-state index in [2.05, 4.69) is 20.8 Å². The van der Waals surface area contributed by atoms with E-state index >= 15 is 0 Å². The number of methoxy groups -OCH3 is 1. The van der Waals surface area contributed by atoms with Gasteiger partial charge in [-0.15, -0.1) is 0 Å². The highest BCUT2D eigenvalue weighted by molar-refractivity contribution is 6.48. The zero-order valence-electron chi connectivity index (χ0n) is 26.1. The molecule has 0 aromatic heterocycles. The van der Waals surface area contributed by atoms with Gasteiger partial charge in [0, 0.05) is 12.2 Å². The van der Waals surface area contributed by atoms with Gasteiger partial charge in [-0.3, -0.25) is 4.79 Å². The number of carbonyl (C=O) groups is 2. The van der Waals surface area contributed by atoms with Gasteiger partial charge in [-0.2, -0.15) is 0 Å². The van der Waals surface area contributed by atoms with Crippen molar-refractivity contribution in [2.45, 2.75) is 103 Å². The summed E-state index contributed by atoms with van der Waals surface area (Å²) in [5.41, 5.74) is 7.79. The summed E-state index contributed by atoms with van der Waals surface area (Å²) in [6.45, 7) is 12.4. The summed E-state index contributed by atoms with van der Waals surface area (Å²) in [6.07, 6.45) is 3.18. The summed E-state index contributed by atoms with van der Waals surface area (Å²) >= 11 is 0. The molecule has 2 aromatic carbocycles. The summed E-state index contributed by atoms with van der Waals surface area (Å²) in [5.74, 6) is 0.664. The van der Waals surface area contributed by atoms with Crippen LogP contribution >= 0.6 is 0 Å². The van der Waals surface area contributed by atoms with Gasteiger partial charge in [0.1, 0.15) is 22.7 Å². The summed E-state index contributed by atoms with van der Waals surface area (Å²) in [5, 5.41) is 0. The third-order valence-corrected chi connectivity index (χ3v) is 9.93. The Bertz CT molecular complexity index is 1310. The van der Waals surface area contributed by atoms with Gasteiger partial charge >= 0.3 is 13.1 Å². The lowest BCUT2D eigenvalue weighted by molar-refractivity contribution is -0.199. The fourth-order valence-electron chi connectivity index (χ4n) is 7.52. The smallest absolute Gasteiger partial charge is 0.461 e. The number of Topliss-reactive ketones (excluding diaryl/α,β-unsaturated/α-hetero) is 1. The molecule has 1 aliphatic heterocycles. The van der Waals surface area contributed by atoms with E-state index in [-0.39, 0.29) is 29.5 Å². The number of esters is 1. The SMILES string of the molecule is COc1c(C[C@H](CC(=O)C(N)Cc2ccccc2)B2OC3C[C@H]4C[C@@H](C4(C)C)[C@]3(C)O2)cccc1C(=O)OC(C)(C)C. The van der Waals surface area contributed by atoms with Crippen LogP contribution in [0.4, 0.5) is 0 Å². The van der Waals surface area contributed by atoms with Crippen LogP contribution in [-0.2, 0) is 31.7 Å². The monoisotopic (exact) mass is 575 g/mol. The highest BCUT2D eigenvalue weighted by Gasteiger charge is 2.68. The predicted octanol–water partition coefficient (Wildman–Crippen LogP) is 5.82. The van der Waals surface area contributed by atoms with E-state index in [1.807, 2.05) is 63.2 Å². The molecule has 6 rings (SSSR count). The van der Waals surface area contributed by atoms with Gasteiger partial charge in [0.2, 0.25) is 0 Å². The number of carbonyl (C=O) groups excluding carboxylic acids is 2. The Balaban J connectivity index is 1.42. The molecule has 0 amide bonds. The average Bonchev–Trinajstić information content (AvgIpc) is 3.29. The second-order valence-corrected chi connectivity index (χ2v) is 14.3. The molecular formula is C34H46BNO6. The number of para-hydroxylation sites is 1. The summed E-state index contributed by atoms with van der Waals surface area (Å²) in [7, 11) is 0.980. The largest absolute Gasteiger partial charge is 0.496 e. The maximum absolute atomic E-state index is 13.6. The molecule has 4 fully saturated rings. The number of rotatable bonds is 10. The van der Waals surface area contributed by atoms with Crippen molar-refractivity contribution in [3.63, 3.8) is 0 Å². The van der Waals surface area contributed by atoms with E-state index in [0.717, 1.165) is 24.0 Å². The van der Waals surface area contributed by atoms with E-state index in [4.69, 9.17) is 24.5 Å². The fraction of sp³-hybridized carbons (Fsp3) is 0.588. The molecule has 4 aliphatic rings. The Kier molecular flexibility index (Phi) is 8.38. The quantitative estimate of drug-likeness (QED) is 0.282. The molecule has 3 aliphatic carbocycles. The molecule has 2 unspecified atom stereocenters. The summed E-state index contributed by atoms with van der Waals surface area (Å²) in [6, 6.07) is 14.6. The number of ketones is 1. The lowest BCUT2D eigenvalue weighted by Crippen LogP contribution is -2.65. The first kappa shape index (κ1) is 30.8. The molecule has 8 heteroatoms. The van der Waals surface area contributed by atoms with E-state index in [1.165, 1.54) is 0 Å². The second kappa shape index (κ2) is 11.4. The molecule has 2 bridgehead atoms. The van der Waals surface area contributed by atoms with Crippen molar-refractivity contribution in [2.75, 3.05) is 7.11 Å². The van der Waals surface area contributed by atoms with Gasteiger partial charge in [0.15, 0.2) is 0 Å². The Morgan fingerprint density at radius 3 is 2.40 bits per heavy atom. The van der Waals surface area contributed by atoms with Crippen LogP contribution in [0.2, 0.25) is 5.82 Å². The van der Waals surface area contributed by atoms with Crippen molar-refractivity contribution in [1.82, 2.24) is 0 Å². The van der Waals surface area contributed by atoms with Gasteiger partial charge in [0.05, 0.1) is 24.9 Å². The molecule has 226 valence electrons. The molecule has 1 heterocycles. The molecule has 1 saturated heterocycles. The van der Waals surface area contributed by atoms with Crippen molar-refractivity contribution in [3.8, 4) is 5.75 Å². The number of hydrogen-bond donors (Lipinski definition) is 1. The third-order valence-electron chi connectivity index (χ3n) is 9.93. The summed E-state index contributed by atoms with van der Waals surface area (Å²) < 4.78 is 24.9. The van der Waals surface area contributed by atoms with Crippen LogP contribution < -0.4 is 10.5 Å². The topological polar surface area (TPSA) is 97.1 Å². The third kappa shape index (κ3) is 5.91. The van der Waals surface area contributed by atoms with Crippen molar-refractivity contribution >= 4 is 18.9 Å². The van der Waals surface area contributed by atoms with Crippen molar-refractivity contribution in [1.29, 1.82) is 0 Å². The van der Waals surface area contributed by atoms with Gasteiger partial charge in [0.25, 0.3) is 0 Å². The lowest BCUT2D eigenvalue weighted by Gasteiger charge is -2.64. The molecule has 0 spiro atoms. The van der Waals surface area contributed by atoms with E-state index in [9.17, 15) is 9.59 Å². The molecule has 42 heavy (non-hydrogen) atoms. The Hall–Kier alpha value is -2.68. The van der Waals surface area contributed by atoms with E-state index in [0.29, 0.717) is 36.0 Å². The second-order valence-electron chi connectivity index (χ2n) is 14.3. The number of ether oxygens (including phenoxy) is 2. The molecule has 2 N–H and O–H groups in total. The number of hydrogen-bond acceptors (Lipinski definition) is 7. The zero-order chi connectivity index (χ0) is 30.4. The van der Waals surface area contributed by atoms with Crippen LogP contribution in [-0.4, -0.2) is 49.3 Å². The molecule has 0 radical (unpaired) electrons. The molecule has 3 saturated carbocycles. The maximum Gasteiger partial charge on any atom is 0.461 e. The first-order valence-electron chi connectivity index (χ1n) is 15.3. The van der Waals surface area contributed by atoms with Crippen LogP contribution in [0.25, 0.3) is 0 Å². The fourth-order valence-corrected chi connectivity index (χ4v) is 7.52. The minimum absolute atomic E-state index is 0.00939. The van der Waals surface area contributed by atoms with Crippen molar-refractivity contribution in [2.24, 2.45) is 23.0 Å². The molecule has 7 nitrogen and oxygen atoms in total. The minimum atomic E-state index is -0.645.